The van der Waals surface area contributed by atoms with Gasteiger partial charge in [0.1, 0.15) is 0 Å². The van der Waals surface area contributed by atoms with Gasteiger partial charge in [0.05, 0.1) is 0 Å². The molecule has 4 heteroatoms. The third kappa shape index (κ3) is 3260. The van der Waals surface area contributed by atoms with Gasteiger partial charge in [-0.1, -0.05) is 0 Å². The van der Waals surface area contributed by atoms with Crippen LogP contribution in [0.2, 0.25) is 0 Å². The molecule has 0 atom stereocenters. The van der Waals surface area contributed by atoms with Crippen molar-refractivity contribution in [3.63, 3.8) is 0 Å². The molecule has 0 aliphatic rings. The van der Waals surface area contributed by atoms with Gasteiger partial charge >= 0.3 is 23.9 Å². The normalized spacial score (nSPS) is 5.38. The van der Waals surface area contributed by atoms with Crippen LogP contribution in [0, 0.1) is 0 Å². The van der Waals surface area contributed by atoms with Crippen LogP contribution in [0.15, 0.2) is 0 Å². The Bertz CT molecular complexity index is 42.5. The van der Waals surface area contributed by atoms with Crippen LogP contribution in [-0.4, -0.2) is 46.7 Å². The molecule has 2 N–H and O–H groups in total. The summed E-state index contributed by atoms with van der Waals surface area (Å²) in [5.74, 6) is -0.833. The van der Waals surface area contributed by atoms with Gasteiger partial charge in [0, 0.05) is 13.5 Å². The van der Waals surface area contributed by atoms with Crippen LogP contribution in [0.1, 0.15) is 13.8 Å². The quantitative estimate of drug-likeness (QED) is 0.531. The number of aliphatic hydroxyl groups is 1. The Hall–Kier alpha value is 0.229. The average molecular weight is 227 g/mol. The van der Waals surface area contributed by atoms with E-state index in [1.165, 1.54) is 0 Å². The van der Waals surface area contributed by atoms with Crippen LogP contribution in [-0.2, 0) is 4.79 Å². The molecule has 0 amide bonds. The standard InChI is InChI=1S/C2H4O2.C2H6O.Sn.2H/c1-2(3)4;1-2-3;;;/h1H3,(H,3,4);3H,2H2,1H3;;;. The molecule has 0 aliphatic carbocycles. The van der Waals surface area contributed by atoms with Crippen LogP contribution >= 0.6 is 0 Å². The third-order valence-electron chi connectivity index (χ3n) is 0. The van der Waals surface area contributed by atoms with E-state index < -0.39 is 5.97 Å². The number of carbonyl (C=O) groups is 1. The van der Waals surface area contributed by atoms with E-state index in [4.69, 9.17) is 15.0 Å². The predicted octanol–water partition coefficient (Wildman–Crippen LogP) is -0.827. The minimum absolute atomic E-state index is 0. The Morgan fingerprint density at radius 3 is 1.62 bits per heavy atom. The number of hydrogen-bond acceptors (Lipinski definition) is 2. The second-order valence-corrected chi connectivity index (χ2v) is 0.835. The molecular formula is C4H12O3Sn. The van der Waals surface area contributed by atoms with Gasteiger partial charge in [0.2, 0.25) is 0 Å². The number of aliphatic hydroxyl groups excluding tert-OH is 1. The van der Waals surface area contributed by atoms with E-state index in [0.29, 0.717) is 0 Å². The minimum atomic E-state index is -0.833. The van der Waals surface area contributed by atoms with Crippen molar-refractivity contribution in [2.24, 2.45) is 0 Å². The first-order valence-corrected chi connectivity index (χ1v) is 1.95. The van der Waals surface area contributed by atoms with Gasteiger partial charge in [0.15, 0.2) is 0 Å². The topological polar surface area (TPSA) is 57.5 Å². The van der Waals surface area contributed by atoms with Gasteiger partial charge in [0.25, 0.3) is 5.97 Å². The van der Waals surface area contributed by atoms with Crippen molar-refractivity contribution < 1.29 is 15.0 Å². The second kappa shape index (κ2) is 15.7. The monoisotopic (exact) mass is 228 g/mol. The molecule has 2 radical (unpaired) electrons. The summed E-state index contributed by atoms with van der Waals surface area (Å²) in [5, 5.41) is 15.0. The first-order valence-electron chi connectivity index (χ1n) is 1.95. The Kier molecular flexibility index (Phi) is 30.8. The first-order chi connectivity index (χ1) is 3.15. The molecule has 0 fully saturated rings. The van der Waals surface area contributed by atoms with Crippen molar-refractivity contribution in [1.29, 1.82) is 0 Å². The number of aliphatic carboxylic acids is 1. The Morgan fingerprint density at radius 1 is 1.62 bits per heavy atom. The molecule has 0 spiro atoms. The molecule has 8 heavy (non-hydrogen) atoms. The summed E-state index contributed by atoms with van der Waals surface area (Å²) in [6.45, 7) is 3.01. The van der Waals surface area contributed by atoms with Gasteiger partial charge in [-0.25, -0.2) is 0 Å². The molecule has 0 unspecified atom stereocenters. The second-order valence-electron chi connectivity index (χ2n) is 0.835. The molecule has 0 bridgehead atoms. The van der Waals surface area contributed by atoms with Gasteiger partial charge in [-0.2, -0.15) is 0 Å². The van der Waals surface area contributed by atoms with Crippen LogP contribution in [0.3, 0.4) is 0 Å². The van der Waals surface area contributed by atoms with Crippen molar-refractivity contribution in [3.05, 3.63) is 0 Å². The van der Waals surface area contributed by atoms with Crippen molar-refractivity contribution in [2.45, 2.75) is 13.8 Å². The molecule has 3 nitrogen and oxygen atoms in total. The molecule has 0 aromatic rings. The molecule has 0 heterocycles. The number of carboxylic acid groups (broad SMARTS) is 1. The zero-order valence-corrected chi connectivity index (χ0v) is 9.25. The summed E-state index contributed by atoms with van der Waals surface area (Å²) >= 11 is 0. The molecule has 0 rings (SSSR count). The summed E-state index contributed by atoms with van der Waals surface area (Å²) < 4.78 is 0. The number of rotatable bonds is 0. The summed E-state index contributed by atoms with van der Waals surface area (Å²) in [5.41, 5.74) is 0. The van der Waals surface area contributed by atoms with Crippen LogP contribution in [0.4, 0.5) is 0 Å². The average Bonchev–Trinajstić information content (AvgIpc) is 1.33. The van der Waals surface area contributed by atoms with Crippen molar-refractivity contribution in [1.82, 2.24) is 0 Å². The fraction of sp³-hybridized carbons (Fsp3) is 0.750. The molecular weight excluding hydrogens is 215 g/mol. The summed E-state index contributed by atoms with van der Waals surface area (Å²) in [4.78, 5) is 9.00. The van der Waals surface area contributed by atoms with Crippen molar-refractivity contribution in [2.75, 3.05) is 6.61 Å². The Labute approximate surface area is 65.7 Å². The zero-order valence-electron chi connectivity index (χ0n) is 5.22. The number of hydrogen-bond donors (Lipinski definition) is 2. The Morgan fingerprint density at radius 2 is 1.62 bits per heavy atom. The van der Waals surface area contributed by atoms with Gasteiger partial charge < -0.3 is 10.2 Å². The van der Waals surface area contributed by atoms with Gasteiger partial charge in [-0.15, -0.1) is 0 Å². The maximum atomic E-state index is 9.00. The van der Waals surface area contributed by atoms with E-state index in [9.17, 15) is 0 Å². The fourth-order valence-electron chi connectivity index (χ4n) is 0. The maximum absolute atomic E-state index is 9.00. The summed E-state index contributed by atoms with van der Waals surface area (Å²) in [6, 6.07) is 0. The summed E-state index contributed by atoms with van der Waals surface area (Å²) in [6.07, 6.45) is 0. The van der Waals surface area contributed by atoms with E-state index in [1.807, 2.05) is 0 Å². The predicted molar refractivity (Wildman–Crippen MR) is 34.6 cm³/mol. The Balaban J connectivity index is -0.0000000575. The molecule has 50 valence electrons. The molecule has 0 saturated carbocycles. The van der Waals surface area contributed by atoms with Crippen LogP contribution in [0.5, 0.6) is 0 Å². The van der Waals surface area contributed by atoms with Gasteiger partial charge in [-0.3, -0.25) is 4.79 Å². The van der Waals surface area contributed by atoms with E-state index in [0.717, 1.165) is 6.92 Å². The third-order valence-corrected chi connectivity index (χ3v) is 0. The first kappa shape index (κ1) is 15.7. The van der Waals surface area contributed by atoms with Gasteiger partial charge in [-0.05, 0) is 6.92 Å². The fourth-order valence-corrected chi connectivity index (χ4v) is 0. The van der Waals surface area contributed by atoms with Crippen LogP contribution in [0.25, 0.3) is 0 Å². The number of carboxylic acids is 1. The van der Waals surface area contributed by atoms with E-state index in [1.54, 1.807) is 6.92 Å². The van der Waals surface area contributed by atoms with E-state index >= 15 is 0 Å². The molecule has 0 saturated heterocycles. The van der Waals surface area contributed by atoms with Crippen molar-refractivity contribution >= 4 is 29.9 Å². The van der Waals surface area contributed by atoms with E-state index in [2.05, 4.69) is 0 Å². The SMILES string of the molecule is CC(=O)O.CCO.[SnH2]. The van der Waals surface area contributed by atoms with Crippen LogP contribution < -0.4 is 0 Å². The van der Waals surface area contributed by atoms with E-state index in [-0.39, 0.29) is 30.5 Å². The molecule has 0 aliphatic heterocycles. The summed E-state index contributed by atoms with van der Waals surface area (Å²) in [7, 11) is 0. The zero-order chi connectivity index (χ0) is 6.28. The van der Waals surface area contributed by atoms with Crippen molar-refractivity contribution in [3.8, 4) is 0 Å². The molecule has 0 aromatic heterocycles. The molecule has 0 aromatic carbocycles.